The maximum atomic E-state index is 9.40. The summed E-state index contributed by atoms with van der Waals surface area (Å²) in [5, 5.41) is 9.40. The van der Waals surface area contributed by atoms with Gasteiger partial charge in [-0.25, -0.2) is 0 Å². The van der Waals surface area contributed by atoms with Gasteiger partial charge in [0.25, 0.3) is 0 Å². The molecule has 1 aliphatic heterocycles. The summed E-state index contributed by atoms with van der Waals surface area (Å²) in [5.41, 5.74) is 3.52. The highest BCUT2D eigenvalue weighted by Crippen LogP contribution is 2.25. The summed E-state index contributed by atoms with van der Waals surface area (Å²) in [7, 11) is 0. The number of phenols is 1. The molecular formula is C20H20N2O2. The fourth-order valence-corrected chi connectivity index (χ4v) is 3.17. The van der Waals surface area contributed by atoms with Crippen molar-refractivity contribution in [3.8, 4) is 17.1 Å². The van der Waals surface area contributed by atoms with Gasteiger partial charge in [-0.1, -0.05) is 0 Å². The molecule has 1 aliphatic rings. The molecule has 24 heavy (non-hydrogen) atoms. The van der Waals surface area contributed by atoms with E-state index in [2.05, 4.69) is 34.1 Å². The number of furan rings is 1. The number of hydrogen-bond donors (Lipinski definition) is 1. The molecule has 0 saturated carbocycles. The topological polar surface area (TPSA) is 39.9 Å². The number of piperazine rings is 1. The minimum absolute atomic E-state index is 0.314. The van der Waals surface area contributed by atoms with Gasteiger partial charge in [0.2, 0.25) is 0 Å². The summed E-state index contributed by atoms with van der Waals surface area (Å²) >= 11 is 0. The van der Waals surface area contributed by atoms with Gasteiger partial charge in [-0.2, -0.15) is 0 Å². The van der Waals surface area contributed by atoms with Crippen LogP contribution in [-0.4, -0.2) is 31.3 Å². The van der Waals surface area contributed by atoms with Gasteiger partial charge < -0.3 is 19.3 Å². The Morgan fingerprint density at radius 3 is 1.75 bits per heavy atom. The Morgan fingerprint density at radius 2 is 1.25 bits per heavy atom. The van der Waals surface area contributed by atoms with Crippen molar-refractivity contribution in [3.05, 3.63) is 66.9 Å². The lowest BCUT2D eigenvalue weighted by Crippen LogP contribution is -2.46. The van der Waals surface area contributed by atoms with Crippen molar-refractivity contribution in [2.24, 2.45) is 0 Å². The lowest BCUT2D eigenvalue weighted by Gasteiger charge is -2.37. The van der Waals surface area contributed by atoms with Crippen molar-refractivity contribution in [3.63, 3.8) is 0 Å². The molecule has 1 aromatic heterocycles. The van der Waals surface area contributed by atoms with E-state index in [-0.39, 0.29) is 0 Å². The zero-order valence-corrected chi connectivity index (χ0v) is 13.4. The molecule has 122 valence electrons. The van der Waals surface area contributed by atoms with Crippen LogP contribution in [0.1, 0.15) is 0 Å². The Balaban J connectivity index is 1.41. The van der Waals surface area contributed by atoms with Crippen LogP contribution in [-0.2, 0) is 0 Å². The van der Waals surface area contributed by atoms with E-state index in [4.69, 9.17) is 4.42 Å². The lowest BCUT2D eigenvalue weighted by molar-refractivity contribution is 0.475. The molecule has 2 aromatic carbocycles. The van der Waals surface area contributed by atoms with Crippen LogP contribution in [0.3, 0.4) is 0 Å². The number of phenolic OH excluding ortho intramolecular Hbond substituents is 1. The fraction of sp³-hybridized carbons (Fsp3) is 0.200. The smallest absolute Gasteiger partial charge is 0.133 e. The molecule has 1 saturated heterocycles. The number of hydrogen-bond acceptors (Lipinski definition) is 4. The average molecular weight is 320 g/mol. The summed E-state index contributed by atoms with van der Waals surface area (Å²) in [5.74, 6) is 1.22. The van der Waals surface area contributed by atoms with Gasteiger partial charge in [-0.3, -0.25) is 0 Å². The highest BCUT2D eigenvalue weighted by atomic mass is 16.3. The maximum absolute atomic E-state index is 9.40. The SMILES string of the molecule is Oc1ccc(N2CCN(c3ccc(-c4ccco4)cc3)CC2)cc1. The van der Waals surface area contributed by atoms with Crippen molar-refractivity contribution in [2.75, 3.05) is 36.0 Å². The second kappa shape index (κ2) is 6.32. The van der Waals surface area contributed by atoms with Gasteiger partial charge in [0, 0.05) is 43.1 Å². The van der Waals surface area contributed by atoms with E-state index in [1.807, 2.05) is 24.3 Å². The van der Waals surface area contributed by atoms with Crippen LogP contribution in [0.15, 0.2) is 71.3 Å². The Hall–Kier alpha value is -2.88. The van der Waals surface area contributed by atoms with E-state index in [0.29, 0.717) is 5.75 Å². The van der Waals surface area contributed by atoms with E-state index in [9.17, 15) is 5.11 Å². The summed E-state index contributed by atoms with van der Waals surface area (Å²) in [6.07, 6.45) is 1.70. The molecule has 0 bridgehead atoms. The van der Waals surface area contributed by atoms with E-state index >= 15 is 0 Å². The van der Waals surface area contributed by atoms with Crippen molar-refractivity contribution in [1.29, 1.82) is 0 Å². The molecule has 0 spiro atoms. The second-order valence-electron chi connectivity index (χ2n) is 6.01. The summed E-state index contributed by atoms with van der Waals surface area (Å²) in [6.45, 7) is 3.93. The van der Waals surface area contributed by atoms with Gasteiger partial charge in [0.1, 0.15) is 11.5 Å². The van der Waals surface area contributed by atoms with Crippen LogP contribution in [0.2, 0.25) is 0 Å². The Morgan fingerprint density at radius 1 is 0.708 bits per heavy atom. The first-order valence-electron chi connectivity index (χ1n) is 8.22. The largest absolute Gasteiger partial charge is 0.508 e. The number of nitrogens with zero attached hydrogens (tertiary/aromatic N) is 2. The summed E-state index contributed by atoms with van der Waals surface area (Å²) in [6, 6.07) is 19.9. The lowest BCUT2D eigenvalue weighted by atomic mass is 10.1. The van der Waals surface area contributed by atoms with Crippen LogP contribution in [0.25, 0.3) is 11.3 Å². The van der Waals surface area contributed by atoms with Gasteiger partial charge in [0.15, 0.2) is 0 Å². The third-order valence-corrected chi connectivity index (χ3v) is 4.53. The van der Waals surface area contributed by atoms with Gasteiger partial charge in [0.05, 0.1) is 6.26 Å². The van der Waals surface area contributed by atoms with Crippen molar-refractivity contribution < 1.29 is 9.52 Å². The van der Waals surface area contributed by atoms with E-state index < -0.39 is 0 Å². The highest BCUT2D eigenvalue weighted by molar-refractivity contribution is 5.62. The quantitative estimate of drug-likeness (QED) is 0.792. The molecule has 0 atom stereocenters. The standard InChI is InChI=1S/C20H20N2O2/c23-19-9-7-18(8-10-19)22-13-11-21(12-14-22)17-5-3-16(4-6-17)20-2-1-15-24-20/h1-10,15,23H,11-14H2. The molecule has 4 rings (SSSR count). The molecule has 3 aromatic rings. The highest BCUT2D eigenvalue weighted by Gasteiger charge is 2.17. The molecule has 0 amide bonds. The number of aromatic hydroxyl groups is 1. The fourth-order valence-electron chi connectivity index (χ4n) is 3.17. The van der Waals surface area contributed by atoms with Gasteiger partial charge >= 0.3 is 0 Å². The van der Waals surface area contributed by atoms with Crippen LogP contribution in [0.5, 0.6) is 5.75 Å². The zero-order valence-electron chi connectivity index (χ0n) is 13.4. The molecule has 1 fully saturated rings. The van der Waals surface area contributed by atoms with E-state index in [0.717, 1.165) is 37.5 Å². The Kier molecular flexibility index (Phi) is 3.87. The van der Waals surface area contributed by atoms with Gasteiger partial charge in [-0.05, 0) is 60.7 Å². The average Bonchev–Trinajstić information content (AvgIpc) is 3.17. The summed E-state index contributed by atoms with van der Waals surface area (Å²) < 4.78 is 5.44. The molecule has 2 heterocycles. The van der Waals surface area contributed by atoms with Crippen LogP contribution in [0, 0.1) is 0 Å². The molecule has 1 N–H and O–H groups in total. The Labute approximate surface area is 141 Å². The molecule has 0 unspecified atom stereocenters. The first kappa shape index (κ1) is 14.7. The maximum Gasteiger partial charge on any atom is 0.133 e. The molecular weight excluding hydrogens is 300 g/mol. The summed E-state index contributed by atoms with van der Waals surface area (Å²) in [4.78, 5) is 4.76. The molecule has 0 aliphatic carbocycles. The first-order valence-corrected chi connectivity index (χ1v) is 8.22. The second-order valence-corrected chi connectivity index (χ2v) is 6.01. The zero-order chi connectivity index (χ0) is 16.4. The van der Waals surface area contributed by atoms with Crippen LogP contribution in [0.4, 0.5) is 11.4 Å². The van der Waals surface area contributed by atoms with Crippen molar-refractivity contribution in [2.45, 2.75) is 0 Å². The number of benzene rings is 2. The molecule has 4 heteroatoms. The third-order valence-electron chi connectivity index (χ3n) is 4.53. The number of anilines is 2. The minimum atomic E-state index is 0.314. The van der Waals surface area contributed by atoms with Crippen LogP contribution < -0.4 is 9.80 Å². The van der Waals surface area contributed by atoms with Crippen molar-refractivity contribution >= 4 is 11.4 Å². The normalized spacial score (nSPS) is 14.8. The predicted molar refractivity (Wildman–Crippen MR) is 96.7 cm³/mol. The van der Waals surface area contributed by atoms with E-state index in [1.54, 1.807) is 18.4 Å². The molecule has 4 nitrogen and oxygen atoms in total. The monoisotopic (exact) mass is 320 g/mol. The van der Waals surface area contributed by atoms with E-state index in [1.165, 1.54) is 11.4 Å². The van der Waals surface area contributed by atoms with Crippen LogP contribution >= 0.6 is 0 Å². The molecule has 0 radical (unpaired) electrons. The van der Waals surface area contributed by atoms with Gasteiger partial charge in [-0.15, -0.1) is 0 Å². The first-order chi connectivity index (χ1) is 11.8. The Bertz CT molecular complexity index is 772. The third kappa shape index (κ3) is 2.95. The number of rotatable bonds is 3. The predicted octanol–water partition coefficient (Wildman–Crippen LogP) is 3.98. The minimum Gasteiger partial charge on any atom is -0.508 e. The van der Waals surface area contributed by atoms with Crippen molar-refractivity contribution in [1.82, 2.24) is 0 Å².